The molecule has 5 heteroatoms. The molecule has 1 aliphatic rings. The predicted molar refractivity (Wildman–Crippen MR) is 75.6 cm³/mol. The molecule has 0 spiro atoms. The van der Waals surface area contributed by atoms with E-state index in [9.17, 15) is 9.90 Å². The number of hydrogen-bond acceptors (Lipinski definition) is 4. The first kappa shape index (κ1) is 14.1. The Morgan fingerprint density at radius 2 is 1.89 bits per heavy atom. The zero-order valence-electron chi connectivity index (χ0n) is 12.2. The van der Waals surface area contributed by atoms with Crippen LogP contribution in [0.2, 0.25) is 0 Å². The van der Waals surface area contributed by atoms with E-state index < -0.39 is 5.60 Å². The molecule has 106 valence electrons. The quantitative estimate of drug-likeness (QED) is 0.832. The maximum atomic E-state index is 12.5. The highest BCUT2D eigenvalue weighted by Crippen LogP contribution is 2.23. The van der Waals surface area contributed by atoms with Gasteiger partial charge >= 0.3 is 0 Å². The van der Waals surface area contributed by atoms with Gasteiger partial charge in [-0.2, -0.15) is 0 Å². The number of aromatic nitrogens is 2. The molecule has 1 aromatic heterocycles. The molecule has 0 bridgehead atoms. The molecule has 0 unspecified atom stereocenters. The van der Waals surface area contributed by atoms with Crippen LogP contribution in [0.15, 0.2) is 17.2 Å². The van der Waals surface area contributed by atoms with E-state index in [4.69, 9.17) is 0 Å². The molecule has 2 rings (SSSR count). The summed E-state index contributed by atoms with van der Waals surface area (Å²) in [6.45, 7) is 9.18. The second-order valence-corrected chi connectivity index (χ2v) is 6.58. The topological polar surface area (TPSA) is 58.4 Å². The van der Waals surface area contributed by atoms with Crippen LogP contribution in [0.1, 0.15) is 40.5 Å². The summed E-state index contributed by atoms with van der Waals surface area (Å²) in [6, 6.07) is 0. The lowest BCUT2D eigenvalue weighted by Gasteiger charge is -2.36. The molecule has 1 N–H and O–H groups in total. The molecule has 0 aliphatic carbocycles. The number of piperidine rings is 1. The van der Waals surface area contributed by atoms with Crippen LogP contribution in [0, 0.1) is 0 Å². The van der Waals surface area contributed by atoms with Gasteiger partial charge in [0.1, 0.15) is 0 Å². The highest BCUT2D eigenvalue weighted by atomic mass is 16.3. The highest BCUT2D eigenvalue weighted by molar-refractivity contribution is 5.36. The van der Waals surface area contributed by atoms with Gasteiger partial charge in [0.15, 0.2) is 5.82 Å². The van der Waals surface area contributed by atoms with Gasteiger partial charge in [0.2, 0.25) is 0 Å². The van der Waals surface area contributed by atoms with Gasteiger partial charge in [0, 0.05) is 31.0 Å². The van der Waals surface area contributed by atoms with Crippen LogP contribution in [0.4, 0.5) is 5.82 Å². The molecule has 0 radical (unpaired) electrons. The SMILES string of the molecule is CC1(O)CCN(c2nccn(C(C)(C)C)c2=O)CC1. The Bertz CT molecular complexity index is 504. The van der Waals surface area contributed by atoms with Crippen molar-refractivity contribution in [3.8, 4) is 0 Å². The van der Waals surface area contributed by atoms with Gasteiger partial charge in [-0.25, -0.2) is 4.98 Å². The van der Waals surface area contributed by atoms with Crippen LogP contribution in [0.3, 0.4) is 0 Å². The summed E-state index contributed by atoms with van der Waals surface area (Å²) in [7, 11) is 0. The lowest BCUT2D eigenvalue weighted by Crippen LogP contribution is -2.46. The smallest absolute Gasteiger partial charge is 0.293 e. The molecule has 0 saturated carbocycles. The molecule has 1 aromatic rings. The standard InChI is InChI=1S/C14H23N3O2/c1-13(2,3)17-10-7-15-11(12(17)18)16-8-5-14(4,19)6-9-16/h7,10,19H,5-6,8-9H2,1-4H3. The fourth-order valence-electron chi connectivity index (χ4n) is 2.35. The maximum absolute atomic E-state index is 12.5. The number of anilines is 1. The molecule has 0 amide bonds. The fraction of sp³-hybridized carbons (Fsp3) is 0.714. The summed E-state index contributed by atoms with van der Waals surface area (Å²) in [5, 5.41) is 9.96. The van der Waals surface area contributed by atoms with Gasteiger partial charge in [0.05, 0.1) is 5.60 Å². The van der Waals surface area contributed by atoms with Crippen LogP contribution < -0.4 is 10.5 Å². The monoisotopic (exact) mass is 265 g/mol. The van der Waals surface area contributed by atoms with Gasteiger partial charge in [0.25, 0.3) is 5.56 Å². The summed E-state index contributed by atoms with van der Waals surface area (Å²) in [6.07, 6.45) is 4.73. The second kappa shape index (κ2) is 4.63. The number of nitrogens with zero attached hydrogens (tertiary/aromatic N) is 3. The average molecular weight is 265 g/mol. The van der Waals surface area contributed by atoms with Crippen LogP contribution in [0.25, 0.3) is 0 Å². The van der Waals surface area contributed by atoms with E-state index in [1.807, 2.05) is 32.6 Å². The van der Waals surface area contributed by atoms with Crippen molar-refractivity contribution in [3.63, 3.8) is 0 Å². The summed E-state index contributed by atoms with van der Waals surface area (Å²) in [4.78, 5) is 18.7. The Morgan fingerprint density at radius 1 is 1.32 bits per heavy atom. The number of aliphatic hydroxyl groups is 1. The first-order valence-corrected chi connectivity index (χ1v) is 6.76. The van der Waals surface area contributed by atoms with Crippen LogP contribution in [-0.2, 0) is 5.54 Å². The van der Waals surface area contributed by atoms with Crippen molar-refractivity contribution < 1.29 is 5.11 Å². The molecular weight excluding hydrogens is 242 g/mol. The van der Waals surface area contributed by atoms with Crippen molar-refractivity contribution in [1.82, 2.24) is 9.55 Å². The Labute approximate surface area is 113 Å². The van der Waals surface area contributed by atoms with E-state index in [1.165, 1.54) is 0 Å². The molecular formula is C14H23N3O2. The summed E-state index contributed by atoms with van der Waals surface area (Å²) in [5.41, 5.74) is -0.929. The van der Waals surface area contributed by atoms with Crippen molar-refractivity contribution in [1.29, 1.82) is 0 Å². The Hall–Kier alpha value is -1.36. The summed E-state index contributed by atoms with van der Waals surface area (Å²) >= 11 is 0. The van der Waals surface area contributed by atoms with Gasteiger partial charge < -0.3 is 14.6 Å². The minimum atomic E-state index is -0.617. The normalized spacial score (nSPS) is 19.5. The van der Waals surface area contributed by atoms with Crippen molar-refractivity contribution in [3.05, 3.63) is 22.7 Å². The summed E-state index contributed by atoms with van der Waals surface area (Å²) in [5.74, 6) is 0.493. The van der Waals surface area contributed by atoms with Crippen molar-refractivity contribution in [2.24, 2.45) is 0 Å². The third-order valence-electron chi connectivity index (χ3n) is 3.69. The Kier molecular flexibility index (Phi) is 3.43. The maximum Gasteiger partial charge on any atom is 0.293 e. The van der Waals surface area contributed by atoms with E-state index in [1.54, 1.807) is 17.0 Å². The van der Waals surface area contributed by atoms with E-state index in [2.05, 4.69) is 4.98 Å². The third kappa shape index (κ3) is 2.97. The highest BCUT2D eigenvalue weighted by Gasteiger charge is 2.29. The van der Waals surface area contributed by atoms with Gasteiger partial charge in [-0.05, 0) is 40.5 Å². The molecule has 5 nitrogen and oxygen atoms in total. The van der Waals surface area contributed by atoms with E-state index >= 15 is 0 Å². The van der Waals surface area contributed by atoms with Gasteiger partial charge in [-0.15, -0.1) is 0 Å². The lowest BCUT2D eigenvalue weighted by atomic mass is 9.94. The average Bonchev–Trinajstić information content (AvgIpc) is 2.28. The number of hydrogen-bond donors (Lipinski definition) is 1. The third-order valence-corrected chi connectivity index (χ3v) is 3.69. The first-order valence-electron chi connectivity index (χ1n) is 6.76. The van der Waals surface area contributed by atoms with Crippen LogP contribution >= 0.6 is 0 Å². The number of rotatable bonds is 1. The van der Waals surface area contributed by atoms with Gasteiger partial charge in [-0.1, -0.05) is 0 Å². The molecule has 19 heavy (non-hydrogen) atoms. The van der Waals surface area contributed by atoms with Crippen LogP contribution in [-0.4, -0.2) is 33.3 Å². The minimum absolute atomic E-state index is 0.0588. The Balaban J connectivity index is 2.30. The van der Waals surface area contributed by atoms with Crippen molar-refractivity contribution in [2.45, 2.75) is 51.7 Å². The summed E-state index contributed by atoms with van der Waals surface area (Å²) < 4.78 is 1.71. The zero-order chi connectivity index (χ0) is 14.3. The lowest BCUT2D eigenvalue weighted by molar-refractivity contribution is 0.0349. The van der Waals surface area contributed by atoms with Crippen LogP contribution in [0.5, 0.6) is 0 Å². The molecule has 0 atom stereocenters. The van der Waals surface area contributed by atoms with Crippen molar-refractivity contribution >= 4 is 5.82 Å². The molecule has 0 aromatic carbocycles. The van der Waals surface area contributed by atoms with Gasteiger partial charge in [-0.3, -0.25) is 4.79 Å². The van der Waals surface area contributed by atoms with E-state index in [-0.39, 0.29) is 11.1 Å². The second-order valence-electron chi connectivity index (χ2n) is 6.58. The molecule has 2 heterocycles. The van der Waals surface area contributed by atoms with E-state index in [0.29, 0.717) is 31.7 Å². The molecule has 1 aliphatic heterocycles. The minimum Gasteiger partial charge on any atom is -0.390 e. The zero-order valence-corrected chi connectivity index (χ0v) is 12.2. The molecule has 1 saturated heterocycles. The molecule has 1 fully saturated rings. The Morgan fingerprint density at radius 3 is 2.42 bits per heavy atom. The van der Waals surface area contributed by atoms with Crippen molar-refractivity contribution in [2.75, 3.05) is 18.0 Å². The first-order chi connectivity index (χ1) is 8.71. The fourth-order valence-corrected chi connectivity index (χ4v) is 2.35. The van der Waals surface area contributed by atoms with E-state index in [0.717, 1.165) is 0 Å². The largest absolute Gasteiger partial charge is 0.390 e. The predicted octanol–water partition coefficient (Wildman–Crippen LogP) is 1.35.